The third-order valence-electron chi connectivity index (χ3n) is 3.53. The maximum Gasteiger partial charge on any atom is 0.338 e. The van der Waals surface area contributed by atoms with Crippen molar-refractivity contribution in [2.24, 2.45) is 5.92 Å². The van der Waals surface area contributed by atoms with E-state index < -0.39 is 18.5 Å². The van der Waals surface area contributed by atoms with Gasteiger partial charge in [-0.25, -0.2) is 4.79 Å². The van der Waals surface area contributed by atoms with Crippen LogP contribution in [0.1, 0.15) is 24.2 Å². The highest BCUT2D eigenvalue weighted by Gasteiger charge is 2.15. The summed E-state index contributed by atoms with van der Waals surface area (Å²) in [6, 6.07) is 9.50. The number of hydrogen-bond donors (Lipinski definition) is 1. The molecule has 0 aliphatic rings. The zero-order valence-electron chi connectivity index (χ0n) is 15.8. The molecule has 1 N–H and O–H groups in total. The second-order valence-corrected chi connectivity index (χ2v) is 7.11. The summed E-state index contributed by atoms with van der Waals surface area (Å²) < 4.78 is 15.9. The third-order valence-corrected chi connectivity index (χ3v) is 4.16. The van der Waals surface area contributed by atoms with Crippen LogP contribution in [0.5, 0.6) is 11.5 Å². The maximum absolute atomic E-state index is 12.2. The molecule has 8 heteroatoms. The van der Waals surface area contributed by atoms with Crippen LogP contribution in [0.15, 0.2) is 36.4 Å². The summed E-state index contributed by atoms with van der Waals surface area (Å²) in [7, 11) is 1.48. The average molecular weight is 426 g/mol. The van der Waals surface area contributed by atoms with Crippen LogP contribution in [0.25, 0.3) is 0 Å². The Kier molecular flexibility index (Phi) is 7.96. The van der Waals surface area contributed by atoms with Gasteiger partial charge in [0.25, 0.3) is 5.91 Å². The standard InChI is InChI=1S/C20H21Cl2NO5/c1-12(2)10-27-16-8-7-13(9-17(16)26-3)20(25)28-11-18(24)23-19-14(21)5-4-6-15(19)22/h4-9,12H,10-11H2,1-3H3,(H,23,24). The molecule has 2 aromatic rings. The molecule has 0 aliphatic carbocycles. The molecule has 0 atom stereocenters. The molecule has 0 spiro atoms. The molecule has 1 amide bonds. The maximum atomic E-state index is 12.2. The molecule has 0 saturated heterocycles. The number of carbonyl (C=O) groups is 2. The SMILES string of the molecule is COc1cc(C(=O)OCC(=O)Nc2c(Cl)cccc2Cl)ccc1OCC(C)C. The number of methoxy groups -OCH3 is 1. The predicted molar refractivity (Wildman–Crippen MR) is 109 cm³/mol. The predicted octanol–water partition coefficient (Wildman–Crippen LogP) is 4.83. The average Bonchev–Trinajstić information content (AvgIpc) is 2.67. The highest BCUT2D eigenvalue weighted by atomic mass is 35.5. The van der Waals surface area contributed by atoms with E-state index in [0.29, 0.717) is 24.0 Å². The van der Waals surface area contributed by atoms with Crippen molar-refractivity contribution in [1.29, 1.82) is 0 Å². The molecule has 2 aromatic carbocycles. The molecular weight excluding hydrogens is 405 g/mol. The number of ether oxygens (including phenoxy) is 3. The monoisotopic (exact) mass is 425 g/mol. The van der Waals surface area contributed by atoms with Gasteiger partial charge in [-0.1, -0.05) is 43.1 Å². The van der Waals surface area contributed by atoms with Gasteiger partial charge in [-0.3, -0.25) is 4.79 Å². The number of halogens is 2. The van der Waals surface area contributed by atoms with Crippen molar-refractivity contribution in [2.45, 2.75) is 13.8 Å². The number of esters is 1. The molecule has 0 saturated carbocycles. The second-order valence-electron chi connectivity index (χ2n) is 6.29. The van der Waals surface area contributed by atoms with Crippen molar-refractivity contribution in [3.8, 4) is 11.5 Å². The quantitative estimate of drug-likeness (QED) is 0.612. The molecule has 0 aromatic heterocycles. The molecule has 0 heterocycles. The van der Waals surface area contributed by atoms with Crippen LogP contribution in [0.4, 0.5) is 5.69 Å². The number of para-hydroxylation sites is 1. The lowest BCUT2D eigenvalue weighted by Crippen LogP contribution is -2.21. The topological polar surface area (TPSA) is 73.9 Å². The van der Waals surface area contributed by atoms with Crippen LogP contribution in [0, 0.1) is 5.92 Å². The minimum absolute atomic E-state index is 0.234. The van der Waals surface area contributed by atoms with Gasteiger partial charge >= 0.3 is 5.97 Å². The van der Waals surface area contributed by atoms with E-state index in [1.807, 2.05) is 13.8 Å². The summed E-state index contributed by atoms with van der Waals surface area (Å²) in [6.07, 6.45) is 0. The number of carbonyl (C=O) groups excluding carboxylic acids is 2. The van der Waals surface area contributed by atoms with Crippen LogP contribution in [-0.4, -0.2) is 32.2 Å². The van der Waals surface area contributed by atoms with Crippen molar-refractivity contribution in [3.63, 3.8) is 0 Å². The lowest BCUT2D eigenvalue weighted by Gasteiger charge is -2.13. The van der Waals surface area contributed by atoms with Crippen LogP contribution in [0.3, 0.4) is 0 Å². The Balaban J connectivity index is 1.98. The number of rotatable bonds is 8. The van der Waals surface area contributed by atoms with E-state index in [4.69, 9.17) is 37.4 Å². The van der Waals surface area contributed by atoms with Crippen molar-refractivity contribution < 1.29 is 23.8 Å². The molecule has 0 unspecified atom stereocenters. The minimum Gasteiger partial charge on any atom is -0.493 e. The van der Waals surface area contributed by atoms with Gasteiger partial charge in [-0.15, -0.1) is 0 Å². The van der Waals surface area contributed by atoms with E-state index in [-0.39, 0.29) is 21.3 Å². The van der Waals surface area contributed by atoms with Crippen molar-refractivity contribution in [1.82, 2.24) is 0 Å². The van der Waals surface area contributed by atoms with E-state index in [2.05, 4.69) is 5.32 Å². The summed E-state index contributed by atoms with van der Waals surface area (Å²) in [5.74, 6) is 0.0436. The fraction of sp³-hybridized carbons (Fsp3) is 0.300. The van der Waals surface area contributed by atoms with Gasteiger partial charge < -0.3 is 19.5 Å². The number of hydrogen-bond acceptors (Lipinski definition) is 5. The van der Waals surface area contributed by atoms with E-state index in [0.717, 1.165) is 0 Å². The Morgan fingerprint density at radius 2 is 1.75 bits per heavy atom. The van der Waals surface area contributed by atoms with Gasteiger partial charge in [0, 0.05) is 0 Å². The Labute approximate surface area is 173 Å². The molecule has 6 nitrogen and oxygen atoms in total. The van der Waals surface area contributed by atoms with Gasteiger partial charge in [-0.2, -0.15) is 0 Å². The minimum atomic E-state index is -0.672. The van der Waals surface area contributed by atoms with E-state index in [9.17, 15) is 9.59 Å². The van der Waals surface area contributed by atoms with Crippen molar-refractivity contribution >= 4 is 40.8 Å². The fourth-order valence-electron chi connectivity index (χ4n) is 2.18. The first kappa shape index (κ1) is 21.9. The van der Waals surface area contributed by atoms with Crippen LogP contribution >= 0.6 is 23.2 Å². The van der Waals surface area contributed by atoms with Crippen LogP contribution in [0.2, 0.25) is 10.0 Å². The lowest BCUT2D eigenvalue weighted by atomic mass is 10.2. The summed E-state index contributed by atoms with van der Waals surface area (Å²) in [6.45, 7) is 4.08. The Morgan fingerprint density at radius 3 is 2.36 bits per heavy atom. The Hall–Kier alpha value is -2.44. The van der Waals surface area contributed by atoms with E-state index in [1.54, 1.807) is 30.3 Å². The number of benzene rings is 2. The summed E-state index contributed by atoms with van der Waals surface area (Å²) >= 11 is 12.0. The zero-order valence-corrected chi connectivity index (χ0v) is 17.3. The largest absolute Gasteiger partial charge is 0.493 e. The van der Waals surface area contributed by atoms with Gasteiger partial charge in [0.1, 0.15) is 0 Å². The van der Waals surface area contributed by atoms with Gasteiger partial charge in [0.15, 0.2) is 18.1 Å². The number of nitrogens with one attached hydrogen (secondary N) is 1. The van der Waals surface area contributed by atoms with E-state index in [1.165, 1.54) is 13.2 Å². The third kappa shape index (κ3) is 6.04. The lowest BCUT2D eigenvalue weighted by molar-refractivity contribution is -0.119. The Morgan fingerprint density at radius 1 is 1.07 bits per heavy atom. The zero-order chi connectivity index (χ0) is 20.7. The first-order chi connectivity index (χ1) is 13.3. The first-order valence-electron chi connectivity index (χ1n) is 8.53. The van der Waals surface area contributed by atoms with Gasteiger partial charge in [0.05, 0.1) is 35.0 Å². The molecule has 150 valence electrons. The molecule has 2 rings (SSSR count). The number of anilines is 1. The molecule has 0 bridgehead atoms. The van der Waals surface area contributed by atoms with Crippen LogP contribution in [-0.2, 0) is 9.53 Å². The molecule has 0 radical (unpaired) electrons. The second kappa shape index (κ2) is 10.2. The van der Waals surface area contributed by atoms with Crippen LogP contribution < -0.4 is 14.8 Å². The molecular formula is C20H21Cl2NO5. The summed E-state index contributed by atoms with van der Waals surface area (Å²) in [5, 5.41) is 3.09. The van der Waals surface area contributed by atoms with Gasteiger partial charge in [-0.05, 0) is 36.2 Å². The normalized spacial score (nSPS) is 10.5. The Bertz CT molecular complexity index is 834. The van der Waals surface area contributed by atoms with Crippen molar-refractivity contribution in [3.05, 3.63) is 52.0 Å². The number of amides is 1. The highest BCUT2D eigenvalue weighted by Crippen LogP contribution is 2.30. The van der Waals surface area contributed by atoms with Gasteiger partial charge in [0.2, 0.25) is 0 Å². The molecule has 0 aliphatic heterocycles. The summed E-state index contributed by atoms with van der Waals surface area (Å²) in [4.78, 5) is 24.3. The highest BCUT2D eigenvalue weighted by molar-refractivity contribution is 6.39. The fourth-order valence-corrected chi connectivity index (χ4v) is 2.67. The molecule has 28 heavy (non-hydrogen) atoms. The van der Waals surface area contributed by atoms with E-state index >= 15 is 0 Å². The summed E-state index contributed by atoms with van der Waals surface area (Å²) in [5.41, 5.74) is 0.498. The first-order valence-corrected chi connectivity index (χ1v) is 9.29. The molecule has 0 fully saturated rings. The van der Waals surface area contributed by atoms with Crippen molar-refractivity contribution in [2.75, 3.05) is 25.6 Å². The smallest absolute Gasteiger partial charge is 0.338 e.